The topological polar surface area (TPSA) is 0 Å². The van der Waals surface area contributed by atoms with E-state index in [9.17, 15) is 0 Å². The third kappa shape index (κ3) is 3.75. The van der Waals surface area contributed by atoms with E-state index in [1.165, 1.54) is 0 Å². The lowest BCUT2D eigenvalue weighted by atomic mass is 10.5. The fourth-order valence-electron chi connectivity index (χ4n) is 0.212. The molecule has 0 aromatic carbocycles. The van der Waals surface area contributed by atoms with Crippen LogP contribution < -0.4 is 0 Å². The van der Waals surface area contributed by atoms with Crippen molar-refractivity contribution in [3.05, 3.63) is 10.1 Å². The maximum atomic E-state index is 5.47. The normalized spacial score (nSPS) is 15.0. The lowest BCUT2D eigenvalue weighted by Gasteiger charge is -2.09. The van der Waals surface area contributed by atoms with Gasteiger partial charge in [-0.05, 0) is 0 Å². The molecule has 0 heterocycles. The number of alkyl halides is 4. The molecule has 0 nitrogen and oxygen atoms in total. The smallest absolute Gasteiger partial charge is 0.121 e. The molecule has 0 fully saturated rings. The van der Waals surface area contributed by atoms with E-state index in [4.69, 9.17) is 69.6 Å². The van der Waals surface area contributed by atoms with Crippen LogP contribution in [0, 0.1) is 0 Å². The van der Waals surface area contributed by atoms with Gasteiger partial charge in [-0.1, -0.05) is 58.0 Å². The predicted octanol–water partition coefficient (Wildman–Crippen LogP) is 4.28. The van der Waals surface area contributed by atoms with Crippen LogP contribution in [0.3, 0.4) is 0 Å². The molecule has 0 saturated carbocycles. The molecule has 0 atom stereocenters. The van der Waals surface area contributed by atoms with Crippen molar-refractivity contribution in [2.75, 3.05) is 5.88 Å². The Labute approximate surface area is 89.0 Å². The van der Waals surface area contributed by atoms with Crippen LogP contribution in [0.15, 0.2) is 10.1 Å². The Morgan fingerprint density at radius 3 is 1.60 bits per heavy atom. The highest BCUT2D eigenvalue weighted by molar-refractivity contribution is 6.73. The number of halogens is 6. The fraction of sp³-hybridized carbons (Fsp3) is 0.500. The van der Waals surface area contributed by atoms with Crippen LogP contribution in [0.4, 0.5) is 0 Å². The summed E-state index contributed by atoms with van der Waals surface area (Å²) in [6.45, 7) is 0. The van der Waals surface area contributed by atoms with E-state index in [2.05, 4.69) is 0 Å². The van der Waals surface area contributed by atoms with Crippen molar-refractivity contribution in [3.63, 3.8) is 0 Å². The molecule has 0 rings (SSSR count). The Balaban J connectivity index is 4.47. The van der Waals surface area contributed by atoms with Crippen LogP contribution in [0.1, 0.15) is 0 Å². The minimum atomic E-state index is -1.67. The van der Waals surface area contributed by atoms with E-state index in [0.717, 1.165) is 0 Å². The lowest BCUT2D eigenvalue weighted by Crippen LogP contribution is -2.03. The highest BCUT2D eigenvalue weighted by atomic mass is 35.6. The van der Waals surface area contributed by atoms with Crippen molar-refractivity contribution in [3.8, 4) is 0 Å². The third-order valence-electron chi connectivity index (χ3n) is 0.604. The molecule has 0 aliphatic heterocycles. The summed E-state index contributed by atoms with van der Waals surface area (Å²) in [6, 6.07) is 0. The van der Waals surface area contributed by atoms with Crippen molar-refractivity contribution in [2.24, 2.45) is 0 Å². The minimum absolute atomic E-state index is 0.0360. The molecule has 0 radical (unpaired) electrons. The van der Waals surface area contributed by atoms with E-state index in [1.807, 2.05) is 0 Å². The van der Waals surface area contributed by atoms with Gasteiger partial charge >= 0.3 is 0 Å². The molecule has 10 heavy (non-hydrogen) atoms. The zero-order valence-corrected chi connectivity index (χ0v) is 9.01. The largest absolute Gasteiger partial charge is 0.227 e. The maximum absolute atomic E-state index is 5.47. The van der Waals surface area contributed by atoms with Gasteiger partial charge in [0.2, 0.25) is 3.79 Å². The van der Waals surface area contributed by atoms with Crippen LogP contribution in [0.2, 0.25) is 0 Å². The van der Waals surface area contributed by atoms with Crippen molar-refractivity contribution in [1.29, 1.82) is 0 Å². The quantitative estimate of drug-likeness (QED) is 0.619. The second kappa shape index (κ2) is 4.49. The van der Waals surface area contributed by atoms with E-state index in [-0.39, 0.29) is 15.9 Å². The maximum Gasteiger partial charge on any atom is 0.227 e. The van der Waals surface area contributed by atoms with Crippen LogP contribution in [0.5, 0.6) is 0 Å². The average molecular weight is 263 g/mol. The molecule has 60 valence electrons. The van der Waals surface area contributed by atoms with E-state index in [1.54, 1.807) is 0 Å². The number of rotatable bonds is 1. The van der Waals surface area contributed by atoms with Crippen LogP contribution >= 0.6 is 69.6 Å². The molecule has 0 aromatic heterocycles. The highest BCUT2D eigenvalue weighted by Gasteiger charge is 2.26. The van der Waals surface area contributed by atoms with Gasteiger partial charge in [-0.25, -0.2) is 0 Å². The highest BCUT2D eigenvalue weighted by Crippen LogP contribution is 2.39. The fourth-order valence-corrected chi connectivity index (χ4v) is 1.11. The molecule has 0 aliphatic rings. The molecular formula is C4H2Cl6. The Morgan fingerprint density at radius 1 is 1.10 bits per heavy atom. The van der Waals surface area contributed by atoms with Crippen molar-refractivity contribution in [2.45, 2.75) is 3.79 Å². The molecular weight excluding hydrogens is 261 g/mol. The summed E-state index contributed by atoms with van der Waals surface area (Å²) in [5, 5.41) is 0.0810. The van der Waals surface area contributed by atoms with Crippen molar-refractivity contribution < 1.29 is 0 Å². The van der Waals surface area contributed by atoms with Crippen LogP contribution in [-0.4, -0.2) is 9.67 Å². The first-order valence-electron chi connectivity index (χ1n) is 2.07. The van der Waals surface area contributed by atoms with Gasteiger partial charge in [0.1, 0.15) is 0 Å². The molecule has 0 aromatic rings. The molecule has 0 aliphatic carbocycles. The van der Waals surface area contributed by atoms with Crippen LogP contribution in [-0.2, 0) is 0 Å². The Bertz CT molecular complexity index is 142. The zero-order chi connectivity index (χ0) is 8.36. The number of hydrogen-bond acceptors (Lipinski definition) is 0. The van der Waals surface area contributed by atoms with E-state index in [0.29, 0.717) is 0 Å². The third-order valence-corrected chi connectivity index (χ3v) is 2.80. The SMILES string of the molecule is ClC/C(Cl)=C(\Cl)C(Cl)(Cl)Cl. The van der Waals surface area contributed by atoms with Crippen molar-refractivity contribution in [1.82, 2.24) is 0 Å². The standard InChI is InChI=1S/C4H2Cl6/c5-1-2(6)3(7)4(8,9)10/h1H2/b3-2+. The summed E-state index contributed by atoms with van der Waals surface area (Å²) in [7, 11) is 0. The van der Waals surface area contributed by atoms with Gasteiger partial charge in [0, 0.05) is 0 Å². The van der Waals surface area contributed by atoms with Gasteiger partial charge in [0.25, 0.3) is 0 Å². The zero-order valence-electron chi connectivity index (χ0n) is 4.47. The molecule has 0 bridgehead atoms. The summed E-state index contributed by atoms with van der Waals surface area (Å²) >= 11 is 32.3. The van der Waals surface area contributed by atoms with Gasteiger partial charge in [0.15, 0.2) is 0 Å². The van der Waals surface area contributed by atoms with Gasteiger partial charge in [0.05, 0.1) is 15.9 Å². The van der Waals surface area contributed by atoms with Crippen molar-refractivity contribution >= 4 is 69.6 Å². The average Bonchev–Trinajstić information content (AvgIpc) is 1.83. The van der Waals surface area contributed by atoms with E-state index >= 15 is 0 Å². The summed E-state index contributed by atoms with van der Waals surface area (Å²) in [5.41, 5.74) is 0. The molecule has 0 amide bonds. The molecule has 0 spiro atoms. The first-order chi connectivity index (χ1) is 4.39. The Hall–Kier alpha value is 1.48. The molecule has 0 saturated heterocycles. The summed E-state index contributed by atoms with van der Waals surface area (Å²) in [6.07, 6.45) is 0. The van der Waals surface area contributed by atoms with Gasteiger partial charge in [-0.15, -0.1) is 11.6 Å². The number of hydrogen-bond donors (Lipinski definition) is 0. The molecule has 0 N–H and O–H groups in total. The first kappa shape index (κ1) is 11.5. The molecule has 6 heteroatoms. The summed E-state index contributed by atoms with van der Waals surface area (Å²) in [4.78, 5) is 0. The monoisotopic (exact) mass is 260 g/mol. The second-order valence-corrected chi connectivity index (χ2v) is 4.73. The Morgan fingerprint density at radius 2 is 1.50 bits per heavy atom. The summed E-state index contributed by atoms with van der Waals surface area (Å²) in [5.74, 6) is 0.0360. The second-order valence-electron chi connectivity index (χ2n) is 1.35. The predicted molar refractivity (Wildman–Crippen MR) is 49.7 cm³/mol. The lowest BCUT2D eigenvalue weighted by molar-refractivity contribution is 1.37. The Kier molecular flexibility index (Phi) is 5.16. The first-order valence-corrected chi connectivity index (χ1v) is 4.49. The number of allylic oxidation sites excluding steroid dienone is 2. The van der Waals surface area contributed by atoms with Gasteiger partial charge in [-0.2, -0.15) is 0 Å². The molecule has 0 unspecified atom stereocenters. The van der Waals surface area contributed by atoms with Gasteiger partial charge < -0.3 is 0 Å². The van der Waals surface area contributed by atoms with E-state index < -0.39 is 3.79 Å². The van der Waals surface area contributed by atoms with Crippen LogP contribution in [0.25, 0.3) is 0 Å². The summed E-state index contributed by atoms with van der Waals surface area (Å²) < 4.78 is -1.67. The van der Waals surface area contributed by atoms with Gasteiger partial charge in [-0.3, -0.25) is 0 Å². The minimum Gasteiger partial charge on any atom is -0.121 e.